The highest BCUT2D eigenvalue weighted by Gasteiger charge is 2.56. The lowest BCUT2D eigenvalue weighted by Crippen LogP contribution is -2.55. The zero-order chi connectivity index (χ0) is 35.5. The van der Waals surface area contributed by atoms with Crippen LogP contribution in [0.5, 0.6) is 0 Å². The molecule has 1 aliphatic carbocycles. The van der Waals surface area contributed by atoms with Crippen molar-refractivity contribution in [3.05, 3.63) is 177 Å². The van der Waals surface area contributed by atoms with Gasteiger partial charge in [-0.3, -0.25) is 9.89 Å². The molecule has 1 aromatic heterocycles. The second-order valence-electron chi connectivity index (χ2n) is 13.7. The van der Waals surface area contributed by atoms with Gasteiger partial charge in [-0.15, -0.1) is 0 Å². The highest BCUT2D eigenvalue weighted by molar-refractivity contribution is 5.95. The van der Waals surface area contributed by atoms with Gasteiger partial charge in [0.05, 0.1) is 23.5 Å². The lowest BCUT2D eigenvalue weighted by atomic mass is 9.63. The molecule has 1 fully saturated rings. The number of fused-ring (bicyclic) bond motifs is 3. The standard InChI is InChI=1S/C42H36F3N3O3/c1-47-32-22-21-28-17-11-12-20-30(28)36(32)41(24-26-13-5-2-6-14-26,25-27-15-7-3-8-16-27)33(47)23-31-37(49)34(38(31)50)35-39(42(43,44)45)46-48(40(35)51)29-18-9-4-10-19-29/h2-23,31,34,37-38,46,49-50H,24-25H2,1H3. The molecule has 1 saturated carbocycles. The summed E-state index contributed by atoms with van der Waals surface area (Å²) in [4.78, 5) is 15.7. The van der Waals surface area contributed by atoms with E-state index in [4.69, 9.17) is 0 Å². The maximum atomic E-state index is 14.4. The smallest absolute Gasteiger partial charge is 0.392 e. The fraction of sp³-hybridized carbons (Fsp3) is 0.214. The molecule has 6 aromatic rings. The summed E-state index contributed by atoms with van der Waals surface area (Å²) in [7, 11) is 1.96. The van der Waals surface area contributed by atoms with Crippen LogP contribution in [-0.4, -0.2) is 39.2 Å². The number of halogens is 3. The zero-order valence-corrected chi connectivity index (χ0v) is 27.8. The van der Waals surface area contributed by atoms with Crippen molar-refractivity contribution in [2.24, 2.45) is 5.92 Å². The Labute approximate surface area is 292 Å². The molecule has 258 valence electrons. The van der Waals surface area contributed by atoms with Crippen LogP contribution in [0, 0.1) is 5.92 Å². The molecule has 0 amide bonds. The summed E-state index contributed by atoms with van der Waals surface area (Å²) in [6.07, 6.45) is -4.84. The van der Waals surface area contributed by atoms with E-state index in [2.05, 4.69) is 58.5 Å². The summed E-state index contributed by atoms with van der Waals surface area (Å²) in [5.74, 6) is -2.40. The van der Waals surface area contributed by atoms with Crippen molar-refractivity contribution in [2.75, 3.05) is 11.9 Å². The molecule has 0 spiro atoms. The minimum atomic E-state index is -4.92. The van der Waals surface area contributed by atoms with Crippen LogP contribution in [0.3, 0.4) is 0 Å². The molecule has 0 saturated heterocycles. The number of aromatic nitrogens is 2. The van der Waals surface area contributed by atoms with Crippen molar-refractivity contribution in [1.82, 2.24) is 9.78 Å². The Kier molecular flexibility index (Phi) is 8.00. The van der Waals surface area contributed by atoms with E-state index in [1.165, 1.54) is 12.1 Å². The first-order valence-corrected chi connectivity index (χ1v) is 17.0. The minimum Gasteiger partial charge on any atom is -0.392 e. The van der Waals surface area contributed by atoms with Gasteiger partial charge in [-0.25, -0.2) is 4.68 Å². The van der Waals surface area contributed by atoms with Crippen LogP contribution >= 0.6 is 0 Å². The lowest BCUT2D eigenvalue weighted by molar-refractivity contribution is -0.145. The summed E-state index contributed by atoms with van der Waals surface area (Å²) < 4.78 is 44.1. The Balaban J connectivity index is 1.28. The highest BCUT2D eigenvalue weighted by atomic mass is 19.4. The van der Waals surface area contributed by atoms with E-state index in [-0.39, 0.29) is 5.69 Å². The number of nitrogens with zero attached hydrogens (tertiary/aromatic N) is 2. The van der Waals surface area contributed by atoms with Crippen LogP contribution in [0.2, 0.25) is 0 Å². The molecule has 2 unspecified atom stereocenters. The van der Waals surface area contributed by atoms with E-state index in [1.54, 1.807) is 18.2 Å². The first kappa shape index (κ1) is 32.8. The Morgan fingerprint density at radius 3 is 1.90 bits per heavy atom. The average molecular weight is 688 g/mol. The molecule has 9 heteroatoms. The topological polar surface area (TPSA) is 81.5 Å². The minimum absolute atomic E-state index is 0.213. The van der Waals surface area contributed by atoms with E-state index in [0.29, 0.717) is 12.8 Å². The molecular weight excluding hydrogens is 651 g/mol. The number of aliphatic hydroxyl groups excluding tert-OH is 2. The van der Waals surface area contributed by atoms with Gasteiger partial charge in [-0.1, -0.05) is 115 Å². The van der Waals surface area contributed by atoms with Crippen LogP contribution in [0.1, 0.15) is 33.9 Å². The second-order valence-corrected chi connectivity index (χ2v) is 13.7. The van der Waals surface area contributed by atoms with Crippen molar-refractivity contribution in [1.29, 1.82) is 0 Å². The number of aliphatic hydroxyl groups is 2. The Hall–Kier alpha value is -5.38. The first-order valence-electron chi connectivity index (χ1n) is 17.0. The van der Waals surface area contributed by atoms with Gasteiger partial charge in [0.25, 0.3) is 5.56 Å². The lowest BCUT2D eigenvalue weighted by Gasteiger charge is -2.46. The normalized spacial score (nSPS) is 21.9. The predicted molar refractivity (Wildman–Crippen MR) is 192 cm³/mol. The summed E-state index contributed by atoms with van der Waals surface area (Å²) in [5.41, 5.74) is 1.71. The van der Waals surface area contributed by atoms with E-state index in [1.807, 2.05) is 61.7 Å². The fourth-order valence-electron chi connectivity index (χ4n) is 8.39. The number of benzene rings is 5. The molecule has 6 nitrogen and oxygen atoms in total. The van der Waals surface area contributed by atoms with E-state index >= 15 is 0 Å². The summed E-state index contributed by atoms with van der Waals surface area (Å²) in [6, 6.07) is 40.6. The summed E-state index contributed by atoms with van der Waals surface area (Å²) >= 11 is 0. The third kappa shape index (κ3) is 5.39. The molecule has 8 rings (SSSR count). The van der Waals surface area contributed by atoms with Crippen LogP contribution < -0.4 is 10.5 Å². The van der Waals surface area contributed by atoms with Gasteiger partial charge in [0.15, 0.2) is 0 Å². The van der Waals surface area contributed by atoms with Gasteiger partial charge in [0.1, 0.15) is 5.69 Å². The molecule has 0 radical (unpaired) electrons. The number of alkyl halides is 3. The van der Waals surface area contributed by atoms with Crippen molar-refractivity contribution in [2.45, 2.75) is 42.6 Å². The number of hydrogen-bond donors (Lipinski definition) is 3. The Bertz CT molecular complexity index is 2250. The number of allylic oxidation sites excluding steroid dienone is 1. The van der Waals surface area contributed by atoms with Gasteiger partial charge < -0.3 is 15.1 Å². The highest BCUT2D eigenvalue weighted by Crippen LogP contribution is 2.56. The van der Waals surface area contributed by atoms with Crippen molar-refractivity contribution in [3.63, 3.8) is 0 Å². The monoisotopic (exact) mass is 687 g/mol. The molecule has 3 N–H and O–H groups in total. The maximum Gasteiger partial charge on any atom is 0.433 e. The van der Waals surface area contributed by atoms with E-state index < -0.39 is 52.5 Å². The largest absolute Gasteiger partial charge is 0.433 e. The Morgan fingerprint density at radius 1 is 0.765 bits per heavy atom. The predicted octanol–water partition coefficient (Wildman–Crippen LogP) is 7.53. The van der Waals surface area contributed by atoms with Gasteiger partial charge >= 0.3 is 6.18 Å². The zero-order valence-electron chi connectivity index (χ0n) is 27.8. The molecule has 5 aromatic carbocycles. The van der Waals surface area contributed by atoms with Crippen molar-refractivity contribution in [3.8, 4) is 5.69 Å². The number of hydrogen-bond acceptors (Lipinski definition) is 4. The van der Waals surface area contributed by atoms with Crippen LogP contribution in [-0.2, 0) is 24.4 Å². The Morgan fingerprint density at radius 2 is 1.31 bits per heavy atom. The number of likely N-dealkylation sites (N-methyl/N-ethyl adjacent to an activating group) is 1. The maximum absolute atomic E-state index is 14.4. The molecule has 2 atom stereocenters. The number of aromatic amines is 1. The van der Waals surface area contributed by atoms with Crippen molar-refractivity contribution < 1.29 is 23.4 Å². The number of para-hydroxylation sites is 1. The van der Waals surface area contributed by atoms with Crippen LogP contribution in [0.25, 0.3) is 16.5 Å². The van der Waals surface area contributed by atoms with Gasteiger partial charge in [-0.05, 0) is 58.5 Å². The fourth-order valence-corrected chi connectivity index (χ4v) is 8.39. The molecule has 1 aliphatic heterocycles. The number of nitrogens with one attached hydrogen (secondary N) is 1. The molecule has 2 aliphatic rings. The molecule has 0 bridgehead atoms. The van der Waals surface area contributed by atoms with Gasteiger partial charge in [0.2, 0.25) is 0 Å². The summed E-state index contributed by atoms with van der Waals surface area (Å²) in [5, 5.41) is 27.8. The summed E-state index contributed by atoms with van der Waals surface area (Å²) in [6.45, 7) is 0. The van der Waals surface area contributed by atoms with Crippen LogP contribution in [0.4, 0.5) is 18.9 Å². The number of H-pyrrole nitrogens is 1. The van der Waals surface area contributed by atoms with Crippen LogP contribution in [0.15, 0.2) is 144 Å². The molecule has 51 heavy (non-hydrogen) atoms. The van der Waals surface area contributed by atoms with Crippen molar-refractivity contribution >= 4 is 16.5 Å². The van der Waals surface area contributed by atoms with E-state index in [0.717, 1.165) is 43.5 Å². The third-order valence-electron chi connectivity index (χ3n) is 10.7. The third-order valence-corrected chi connectivity index (χ3v) is 10.7. The molecular formula is C42H36F3N3O3. The first-order chi connectivity index (χ1) is 24.6. The number of rotatable bonds is 7. The van der Waals surface area contributed by atoms with E-state index in [9.17, 15) is 28.2 Å². The quantitative estimate of drug-likeness (QED) is 0.162. The average Bonchev–Trinajstić information content (AvgIpc) is 3.59. The number of anilines is 1. The SMILES string of the molecule is CN1C(=CC2C(O)C(c3c(C(F)(F)F)[nH]n(-c4ccccc4)c3=O)C2O)C(Cc2ccccc2)(Cc2ccccc2)c2c1ccc1ccccc21. The van der Waals surface area contributed by atoms with Gasteiger partial charge in [-0.2, -0.15) is 13.2 Å². The molecule has 2 heterocycles. The second kappa shape index (κ2) is 12.4. The van der Waals surface area contributed by atoms with Gasteiger partial charge in [0, 0.05) is 35.7 Å².